The third kappa shape index (κ3) is 5.75. The van der Waals surface area contributed by atoms with E-state index in [2.05, 4.69) is 98.2 Å². The summed E-state index contributed by atoms with van der Waals surface area (Å²) >= 11 is 0. The summed E-state index contributed by atoms with van der Waals surface area (Å²) in [6, 6.07) is 37.8. The molecule has 0 spiro atoms. The van der Waals surface area contributed by atoms with E-state index >= 15 is 0 Å². The fraction of sp³-hybridized carbons (Fsp3) is 0.100. The second-order valence-electron chi connectivity index (χ2n) is 11.2. The van der Waals surface area contributed by atoms with Gasteiger partial charge in [0.15, 0.2) is 17.5 Å². The van der Waals surface area contributed by atoms with Crippen LogP contribution in [-0.2, 0) is 5.41 Å². The van der Waals surface area contributed by atoms with Gasteiger partial charge in [0, 0.05) is 39.3 Å². The molecular weight excluding hydrogens is 536 g/mol. The normalized spacial score (nSPS) is 12.1. The Bertz CT molecular complexity index is 1980. The number of rotatable bonds is 8. The summed E-state index contributed by atoms with van der Waals surface area (Å²) in [6.45, 7) is 10.4. The van der Waals surface area contributed by atoms with Gasteiger partial charge in [-0.2, -0.15) is 0 Å². The van der Waals surface area contributed by atoms with Gasteiger partial charge in [-0.3, -0.25) is 4.98 Å². The third-order valence-corrected chi connectivity index (χ3v) is 7.98. The second kappa shape index (κ2) is 12.4. The molecule has 0 radical (unpaired) electrons. The third-order valence-electron chi connectivity index (χ3n) is 7.98. The Morgan fingerprint density at radius 1 is 0.659 bits per heavy atom. The number of fused-ring (bicyclic) bond motifs is 1. The molecule has 6 aromatic rings. The predicted molar refractivity (Wildman–Crippen MR) is 183 cm³/mol. The highest BCUT2D eigenvalue weighted by atomic mass is 15.0. The largest absolute Gasteiger partial charge is 0.256 e. The molecule has 4 aromatic carbocycles. The lowest BCUT2D eigenvalue weighted by molar-refractivity contribution is 0.641. The van der Waals surface area contributed by atoms with Gasteiger partial charge in [0.2, 0.25) is 0 Å². The highest BCUT2D eigenvalue weighted by molar-refractivity contribution is 5.93. The first-order valence-corrected chi connectivity index (χ1v) is 14.8. The molecule has 0 saturated carbocycles. The molecule has 0 saturated heterocycles. The fourth-order valence-corrected chi connectivity index (χ4v) is 5.47. The van der Waals surface area contributed by atoms with Crippen molar-refractivity contribution in [1.82, 2.24) is 19.9 Å². The quantitative estimate of drug-likeness (QED) is 0.171. The van der Waals surface area contributed by atoms with E-state index < -0.39 is 0 Å². The molecule has 6 rings (SSSR count). The maximum atomic E-state index is 4.88. The molecule has 0 fully saturated rings. The van der Waals surface area contributed by atoms with Crippen LogP contribution in [0.25, 0.3) is 50.4 Å². The highest BCUT2D eigenvalue weighted by Gasteiger charge is 2.24. The van der Waals surface area contributed by atoms with Crippen LogP contribution >= 0.6 is 0 Å². The van der Waals surface area contributed by atoms with E-state index in [-0.39, 0.29) is 5.41 Å². The Morgan fingerprint density at radius 2 is 1.27 bits per heavy atom. The van der Waals surface area contributed by atoms with Crippen LogP contribution in [0.15, 0.2) is 146 Å². The summed E-state index contributed by atoms with van der Waals surface area (Å²) in [7, 11) is 0. The number of nitrogens with zero attached hydrogens (tertiary/aromatic N) is 4. The Morgan fingerprint density at radius 3 is 1.91 bits per heavy atom. The summed E-state index contributed by atoms with van der Waals surface area (Å²) in [4.78, 5) is 19.2. The smallest absolute Gasteiger partial charge is 0.164 e. The summed E-state index contributed by atoms with van der Waals surface area (Å²) in [5, 5.41) is 1.14. The van der Waals surface area contributed by atoms with Gasteiger partial charge in [-0.1, -0.05) is 148 Å². The molecule has 0 atom stereocenters. The Balaban J connectivity index is 1.33. The molecule has 4 nitrogen and oxygen atoms in total. The topological polar surface area (TPSA) is 51.6 Å². The second-order valence-corrected chi connectivity index (χ2v) is 11.2. The molecule has 0 unspecified atom stereocenters. The fourth-order valence-electron chi connectivity index (χ4n) is 5.47. The van der Waals surface area contributed by atoms with Crippen LogP contribution in [0.2, 0.25) is 0 Å². The summed E-state index contributed by atoms with van der Waals surface area (Å²) < 4.78 is 0. The van der Waals surface area contributed by atoms with Crippen molar-refractivity contribution in [2.45, 2.75) is 26.2 Å². The Labute approximate surface area is 259 Å². The van der Waals surface area contributed by atoms with E-state index in [0.29, 0.717) is 17.5 Å². The van der Waals surface area contributed by atoms with Crippen molar-refractivity contribution < 1.29 is 0 Å². The van der Waals surface area contributed by atoms with Crippen molar-refractivity contribution in [2.75, 3.05) is 0 Å². The molecule has 0 bridgehead atoms. The number of allylic oxidation sites excluding steroid dienone is 5. The minimum Gasteiger partial charge on any atom is -0.256 e. The number of hydrogen-bond donors (Lipinski definition) is 0. The highest BCUT2D eigenvalue weighted by Crippen LogP contribution is 2.35. The van der Waals surface area contributed by atoms with E-state index in [4.69, 9.17) is 15.0 Å². The van der Waals surface area contributed by atoms with E-state index in [9.17, 15) is 0 Å². The van der Waals surface area contributed by atoms with Crippen LogP contribution < -0.4 is 0 Å². The SMILES string of the molecule is C=C/C=C(\C=C/C)c1nc(-c2ccccc2)nc(-c2ccc(C(C)(C)c3ccc(-c4cccc5cccnc45)cc3)cc2)n1. The van der Waals surface area contributed by atoms with Gasteiger partial charge in [-0.05, 0) is 29.7 Å². The van der Waals surface area contributed by atoms with Gasteiger partial charge in [0.1, 0.15) is 0 Å². The Hall–Kier alpha value is -5.48. The van der Waals surface area contributed by atoms with Crippen LogP contribution in [0.5, 0.6) is 0 Å². The Kier molecular flexibility index (Phi) is 8.07. The zero-order valence-electron chi connectivity index (χ0n) is 25.3. The molecular formula is C40H34N4. The zero-order chi connectivity index (χ0) is 30.5. The average Bonchev–Trinajstić information content (AvgIpc) is 3.08. The van der Waals surface area contributed by atoms with Gasteiger partial charge < -0.3 is 0 Å². The first kappa shape index (κ1) is 28.6. The van der Waals surface area contributed by atoms with Crippen LogP contribution in [0.1, 0.15) is 37.7 Å². The number of pyridine rings is 1. The number of benzene rings is 4. The van der Waals surface area contributed by atoms with Crippen LogP contribution in [-0.4, -0.2) is 19.9 Å². The lowest BCUT2D eigenvalue weighted by Gasteiger charge is -2.26. The van der Waals surface area contributed by atoms with Crippen molar-refractivity contribution >= 4 is 16.5 Å². The summed E-state index contributed by atoms with van der Waals surface area (Å²) in [5.41, 5.74) is 8.31. The van der Waals surface area contributed by atoms with Gasteiger partial charge in [-0.25, -0.2) is 15.0 Å². The van der Waals surface area contributed by atoms with Gasteiger partial charge >= 0.3 is 0 Å². The molecule has 4 heteroatoms. The summed E-state index contributed by atoms with van der Waals surface area (Å²) in [6.07, 6.45) is 9.49. The van der Waals surface area contributed by atoms with Gasteiger partial charge in [0.25, 0.3) is 0 Å². The maximum Gasteiger partial charge on any atom is 0.164 e. The monoisotopic (exact) mass is 570 g/mol. The molecule has 0 N–H and O–H groups in total. The summed E-state index contributed by atoms with van der Waals surface area (Å²) in [5.74, 6) is 1.87. The molecule has 214 valence electrons. The molecule has 2 heterocycles. The number of hydrogen-bond acceptors (Lipinski definition) is 4. The zero-order valence-corrected chi connectivity index (χ0v) is 25.3. The molecule has 0 aliphatic rings. The van der Waals surface area contributed by atoms with Crippen LogP contribution in [0.3, 0.4) is 0 Å². The van der Waals surface area contributed by atoms with E-state index in [1.165, 1.54) is 11.1 Å². The van der Waals surface area contributed by atoms with Gasteiger partial charge in [0.05, 0.1) is 5.52 Å². The van der Waals surface area contributed by atoms with Gasteiger partial charge in [-0.15, -0.1) is 0 Å². The lowest BCUT2D eigenvalue weighted by Crippen LogP contribution is -2.18. The molecule has 0 aliphatic carbocycles. The molecule has 0 amide bonds. The average molecular weight is 571 g/mol. The van der Waals surface area contributed by atoms with E-state index in [1.807, 2.05) is 67.7 Å². The first-order chi connectivity index (χ1) is 21.5. The van der Waals surface area contributed by atoms with Crippen molar-refractivity contribution in [3.63, 3.8) is 0 Å². The lowest BCUT2D eigenvalue weighted by atomic mass is 9.77. The molecule has 2 aromatic heterocycles. The minimum atomic E-state index is -0.209. The van der Waals surface area contributed by atoms with Crippen LogP contribution in [0, 0.1) is 0 Å². The molecule has 0 aliphatic heterocycles. The van der Waals surface area contributed by atoms with Crippen molar-refractivity contribution in [3.8, 4) is 33.9 Å². The number of para-hydroxylation sites is 1. The van der Waals surface area contributed by atoms with Crippen LogP contribution in [0.4, 0.5) is 0 Å². The minimum absolute atomic E-state index is 0.209. The van der Waals surface area contributed by atoms with Crippen molar-refractivity contribution in [1.29, 1.82) is 0 Å². The van der Waals surface area contributed by atoms with Crippen molar-refractivity contribution in [3.05, 3.63) is 163 Å². The predicted octanol–water partition coefficient (Wildman–Crippen LogP) is 9.89. The molecule has 44 heavy (non-hydrogen) atoms. The standard InChI is InChI=1S/C40H34N4/c1-5-12-30(13-6-2)37-42-38(31-14-8-7-9-15-31)44-39(43-37)32-21-25-34(26-22-32)40(3,4)33-23-19-28(20-24-33)35-18-10-16-29-17-11-27-41-36(29)35/h5-27H,1H2,2-4H3/b13-6-,30-12+. The van der Waals surface area contributed by atoms with E-state index in [0.717, 1.165) is 38.7 Å². The number of aromatic nitrogens is 4. The first-order valence-electron chi connectivity index (χ1n) is 14.8. The van der Waals surface area contributed by atoms with Crippen molar-refractivity contribution in [2.24, 2.45) is 0 Å². The maximum absolute atomic E-state index is 4.88. The van der Waals surface area contributed by atoms with E-state index in [1.54, 1.807) is 6.08 Å².